The zero-order valence-corrected chi connectivity index (χ0v) is 24.1. The second kappa shape index (κ2) is 10.7. The number of anilines is 1. The third-order valence-corrected chi connectivity index (χ3v) is 8.07. The van der Waals surface area contributed by atoms with Gasteiger partial charge in [0.05, 0.1) is 36.0 Å². The van der Waals surface area contributed by atoms with Crippen LogP contribution >= 0.6 is 15.9 Å². The first-order chi connectivity index (χ1) is 18.1. The van der Waals surface area contributed by atoms with Crippen LogP contribution in [0.15, 0.2) is 10.5 Å². The Kier molecular flexibility index (Phi) is 7.56. The largest absolute Gasteiger partial charge is 0.492 e. The van der Waals surface area contributed by atoms with Gasteiger partial charge in [-0.05, 0) is 53.3 Å². The van der Waals surface area contributed by atoms with Gasteiger partial charge in [-0.1, -0.05) is 15.9 Å². The van der Waals surface area contributed by atoms with Crippen LogP contribution in [0.1, 0.15) is 45.6 Å². The molecule has 204 valence electrons. The van der Waals surface area contributed by atoms with Crippen molar-refractivity contribution in [1.82, 2.24) is 19.8 Å². The number of aromatic nitrogens is 2. The number of nitrogens with zero attached hydrogens (tertiary/aromatic N) is 6. The van der Waals surface area contributed by atoms with Crippen molar-refractivity contribution in [2.75, 3.05) is 51.3 Å². The van der Waals surface area contributed by atoms with Crippen LogP contribution in [0, 0.1) is 11.3 Å². The number of carbonyl (C=O) groups is 1. The molecule has 0 spiro atoms. The highest BCUT2D eigenvalue weighted by Crippen LogP contribution is 2.43. The molecule has 4 heterocycles. The number of likely N-dealkylation sites (N-methyl/N-ethyl adjacent to an activating group) is 1. The van der Waals surface area contributed by atoms with Crippen molar-refractivity contribution in [2.45, 2.75) is 64.1 Å². The van der Waals surface area contributed by atoms with Gasteiger partial charge in [0.15, 0.2) is 0 Å². The SMILES string of the molecule is CN1CCC[C@H]1COc1nc(N2CCN(C(=O)OC(C)(C)C)[C@@H](CC#N)C2)c2c3c(c(Br)cc2n1)CCO3. The number of nitriles is 1. The number of hydrogen-bond donors (Lipinski definition) is 0. The number of amides is 1. The summed E-state index contributed by atoms with van der Waals surface area (Å²) in [7, 11) is 2.12. The Bertz CT molecular complexity index is 1260. The predicted octanol–water partition coefficient (Wildman–Crippen LogP) is 4.14. The van der Waals surface area contributed by atoms with Gasteiger partial charge < -0.3 is 28.9 Å². The minimum atomic E-state index is -0.612. The summed E-state index contributed by atoms with van der Waals surface area (Å²) < 4.78 is 18.8. The number of rotatable bonds is 5. The zero-order chi connectivity index (χ0) is 27.0. The van der Waals surface area contributed by atoms with Gasteiger partial charge in [0, 0.05) is 42.1 Å². The van der Waals surface area contributed by atoms with Crippen molar-refractivity contribution in [1.29, 1.82) is 5.26 Å². The molecule has 0 unspecified atom stereocenters. The quantitative estimate of drug-likeness (QED) is 0.511. The molecule has 2 atom stereocenters. The summed E-state index contributed by atoms with van der Waals surface area (Å²) in [5, 5.41) is 10.4. The molecule has 2 fully saturated rings. The van der Waals surface area contributed by atoms with Crippen molar-refractivity contribution >= 4 is 38.7 Å². The molecule has 5 rings (SSSR count). The third kappa shape index (κ3) is 5.47. The lowest BCUT2D eigenvalue weighted by atomic mass is 10.1. The van der Waals surface area contributed by atoms with Crippen molar-refractivity contribution in [3.05, 3.63) is 16.1 Å². The first-order valence-electron chi connectivity index (χ1n) is 13.2. The second-order valence-electron chi connectivity index (χ2n) is 11.2. The molecule has 11 heteroatoms. The molecule has 0 radical (unpaired) electrons. The average Bonchev–Trinajstić information content (AvgIpc) is 3.51. The van der Waals surface area contributed by atoms with Crippen LogP contribution < -0.4 is 14.4 Å². The van der Waals surface area contributed by atoms with E-state index in [0.29, 0.717) is 50.7 Å². The number of hydrogen-bond acceptors (Lipinski definition) is 9. The van der Waals surface area contributed by atoms with Crippen LogP contribution in [-0.4, -0.2) is 90.0 Å². The Morgan fingerprint density at radius 3 is 2.79 bits per heavy atom. The van der Waals surface area contributed by atoms with E-state index in [9.17, 15) is 10.1 Å². The van der Waals surface area contributed by atoms with Crippen molar-refractivity contribution in [3.8, 4) is 17.8 Å². The molecule has 2 aromatic rings. The molecule has 0 saturated carbocycles. The van der Waals surface area contributed by atoms with Crippen LogP contribution in [0.2, 0.25) is 0 Å². The summed E-state index contributed by atoms with van der Waals surface area (Å²) in [5.41, 5.74) is 1.23. The van der Waals surface area contributed by atoms with Gasteiger partial charge >= 0.3 is 12.1 Å². The average molecular weight is 588 g/mol. The summed E-state index contributed by atoms with van der Waals surface area (Å²) >= 11 is 3.70. The number of ether oxygens (including phenoxy) is 3. The summed E-state index contributed by atoms with van der Waals surface area (Å²) in [5.74, 6) is 1.50. The molecule has 1 aromatic heterocycles. The van der Waals surface area contributed by atoms with Gasteiger partial charge in [-0.3, -0.25) is 0 Å². The molecule has 10 nitrogen and oxygen atoms in total. The van der Waals surface area contributed by atoms with E-state index in [2.05, 4.69) is 38.8 Å². The first kappa shape index (κ1) is 26.8. The van der Waals surface area contributed by atoms with E-state index in [-0.39, 0.29) is 12.5 Å². The van der Waals surface area contributed by atoms with E-state index < -0.39 is 11.7 Å². The maximum atomic E-state index is 12.9. The lowest BCUT2D eigenvalue weighted by molar-refractivity contribution is 0.0145. The Balaban J connectivity index is 1.49. The Morgan fingerprint density at radius 2 is 2.08 bits per heavy atom. The van der Waals surface area contributed by atoms with Crippen LogP contribution in [0.3, 0.4) is 0 Å². The maximum absolute atomic E-state index is 12.9. The van der Waals surface area contributed by atoms with E-state index in [1.165, 1.54) is 0 Å². The Labute approximate surface area is 232 Å². The van der Waals surface area contributed by atoms with Crippen molar-refractivity contribution in [2.24, 2.45) is 0 Å². The van der Waals surface area contributed by atoms with Gasteiger partial charge in [0.1, 0.15) is 23.8 Å². The zero-order valence-electron chi connectivity index (χ0n) is 22.5. The maximum Gasteiger partial charge on any atom is 0.410 e. The summed E-state index contributed by atoms with van der Waals surface area (Å²) in [6, 6.07) is 4.57. The molecule has 3 aliphatic rings. The van der Waals surface area contributed by atoms with Crippen molar-refractivity contribution in [3.63, 3.8) is 0 Å². The predicted molar refractivity (Wildman–Crippen MR) is 147 cm³/mol. The lowest BCUT2D eigenvalue weighted by Gasteiger charge is -2.41. The van der Waals surface area contributed by atoms with Crippen LogP contribution in [0.4, 0.5) is 10.6 Å². The standard InChI is InChI=1S/C27H35BrN6O4/c1-27(2,3)38-26(35)34-12-11-33(15-17(34)7-9-29)24-22-21(14-20(28)19-8-13-36-23(19)22)30-25(31-24)37-16-18-6-5-10-32(18)4/h14,17-18H,5-8,10-13,15-16H2,1-4H3/t17-,18-/m0/s1. The Hall–Kier alpha value is -2.84. The number of piperazine rings is 1. The van der Waals surface area contributed by atoms with Crippen LogP contribution in [-0.2, 0) is 11.2 Å². The van der Waals surface area contributed by atoms with E-state index in [1.54, 1.807) is 4.90 Å². The monoisotopic (exact) mass is 586 g/mol. The molecule has 0 bridgehead atoms. The van der Waals surface area contributed by atoms with E-state index >= 15 is 0 Å². The number of likely N-dealkylation sites (tertiary alicyclic amines) is 1. The highest BCUT2D eigenvalue weighted by molar-refractivity contribution is 9.10. The van der Waals surface area contributed by atoms with E-state index in [1.807, 2.05) is 26.8 Å². The Morgan fingerprint density at radius 1 is 1.26 bits per heavy atom. The molecule has 3 aliphatic heterocycles. The lowest BCUT2D eigenvalue weighted by Crippen LogP contribution is -2.56. The molecule has 1 amide bonds. The van der Waals surface area contributed by atoms with Crippen LogP contribution in [0.25, 0.3) is 10.9 Å². The molecular weight excluding hydrogens is 552 g/mol. The van der Waals surface area contributed by atoms with Gasteiger partial charge in [-0.15, -0.1) is 0 Å². The molecule has 0 N–H and O–H groups in total. The second-order valence-corrected chi connectivity index (χ2v) is 12.1. The fourth-order valence-corrected chi connectivity index (χ4v) is 6.02. The minimum absolute atomic E-state index is 0.191. The normalized spacial score (nSPS) is 21.8. The summed E-state index contributed by atoms with van der Waals surface area (Å²) in [6.45, 7) is 9.10. The topological polar surface area (TPSA) is 104 Å². The highest BCUT2D eigenvalue weighted by atomic mass is 79.9. The van der Waals surface area contributed by atoms with Gasteiger partial charge in [0.2, 0.25) is 0 Å². The number of halogens is 1. The summed E-state index contributed by atoms with van der Waals surface area (Å²) in [6.07, 6.45) is 2.85. The van der Waals surface area contributed by atoms with Crippen LogP contribution in [0.5, 0.6) is 11.8 Å². The molecule has 2 saturated heterocycles. The van der Waals surface area contributed by atoms with Gasteiger partial charge in [-0.2, -0.15) is 15.2 Å². The number of benzene rings is 1. The summed E-state index contributed by atoms with van der Waals surface area (Å²) in [4.78, 5) is 28.7. The minimum Gasteiger partial charge on any atom is -0.492 e. The fourth-order valence-electron chi connectivity index (χ4n) is 5.42. The highest BCUT2D eigenvalue weighted by Gasteiger charge is 2.36. The van der Waals surface area contributed by atoms with E-state index in [0.717, 1.165) is 52.5 Å². The molecule has 0 aliphatic carbocycles. The molecule has 38 heavy (non-hydrogen) atoms. The first-order valence-corrected chi connectivity index (χ1v) is 14.0. The third-order valence-electron chi connectivity index (χ3n) is 7.36. The van der Waals surface area contributed by atoms with Crippen molar-refractivity contribution < 1.29 is 19.0 Å². The van der Waals surface area contributed by atoms with E-state index in [4.69, 9.17) is 24.2 Å². The molecular formula is C27H35BrN6O4. The van der Waals surface area contributed by atoms with Gasteiger partial charge in [-0.25, -0.2) is 4.79 Å². The number of carbonyl (C=O) groups excluding carboxylic acids is 1. The smallest absolute Gasteiger partial charge is 0.410 e. The number of fused-ring (bicyclic) bond motifs is 3. The molecule has 1 aromatic carbocycles. The van der Waals surface area contributed by atoms with Gasteiger partial charge in [0.25, 0.3) is 0 Å². The fraction of sp³-hybridized carbons (Fsp3) is 0.630.